The molecule has 3 amide bonds. The number of amides is 3. The SMILES string of the molecule is CO[C@@H]1CN(C)C(=O)c2ccc(NC(=O)C3CC3)cc2OC[C@@H](C)N(C(=O)CN(C)C)C[C@H]1C. The second kappa shape index (κ2) is 11.2. The fourth-order valence-electron chi connectivity index (χ4n) is 4.15. The second-order valence-electron chi connectivity index (χ2n) is 9.86. The van der Waals surface area contributed by atoms with Crippen LogP contribution in [0, 0.1) is 11.8 Å². The fourth-order valence-corrected chi connectivity index (χ4v) is 4.15. The van der Waals surface area contributed by atoms with E-state index in [1.165, 1.54) is 0 Å². The maximum atomic E-state index is 13.3. The minimum Gasteiger partial charge on any atom is -0.491 e. The molecule has 2 aliphatic rings. The number of rotatable bonds is 5. The van der Waals surface area contributed by atoms with Gasteiger partial charge in [0.15, 0.2) is 0 Å². The predicted molar refractivity (Wildman–Crippen MR) is 130 cm³/mol. The highest BCUT2D eigenvalue weighted by molar-refractivity contribution is 5.99. The molecule has 0 bridgehead atoms. The van der Waals surface area contributed by atoms with Gasteiger partial charge in [0.05, 0.1) is 24.3 Å². The van der Waals surface area contributed by atoms with Crippen molar-refractivity contribution in [1.29, 1.82) is 0 Å². The summed E-state index contributed by atoms with van der Waals surface area (Å²) in [5, 5.41) is 2.91. The normalized spacial score (nSPS) is 24.1. The van der Waals surface area contributed by atoms with E-state index in [-0.39, 0.29) is 48.3 Å². The van der Waals surface area contributed by atoms with Crippen LogP contribution in [-0.2, 0) is 14.3 Å². The largest absolute Gasteiger partial charge is 0.491 e. The molecule has 0 saturated heterocycles. The summed E-state index contributed by atoms with van der Waals surface area (Å²) >= 11 is 0. The van der Waals surface area contributed by atoms with Gasteiger partial charge in [0.25, 0.3) is 5.91 Å². The van der Waals surface area contributed by atoms with Crippen molar-refractivity contribution < 1.29 is 23.9 Å². The van der Waals surface area contributed by atoms with Crippen molar-refractivity contribution in [1.82, 2.24) is 14.7 Å². The van der Waals surface area contributed by atoms with Crippen LogP contribution in [0.3, 0.4) is 0 Å². The molecule has 0 radical (unpaired) electrons. The van der Waals surface area contributed by atoms with Gasteiger partial charge < -0.3 is 29.5 Å². The Balaban J connectivity index is 1.92. The predicted octanol–water partition coefficient (Wildman–Crippen LogP) is 1.93. The molecule has 1 aliphatic carbocycles. The first-order valence-electron chi connectivity index (χ1n) is 11.9. The number of hydrogen-bond donors (Lipinski definition) is 1. The molecular weight excluding hydrogens is 436 g/mol. The lowest BCUT2D eigenvalue weighted by Crippen LogP contribution is -2.50. The van der Waals surface area contributed by atoms with Gasteiger partial charge in [-0.2, -0.15) is 0 Å². The van der Waals surface area contributed by atoms with Crippen LogP contribution in [0.4, 0.5) is 5.69 Å². The molecule has 1 aliphatic heterocycles. The first-order valence-corrected chi connectivity index (χ1v) is 11.9. The van der Waals surface area contributed by atoms with Gasteiger partial charge >= 0.3 is 0 Å². The van der Waals surface area contributed by atoms with E-state index in [2.05, 4.69) is 5.32 Å². The van der Waals surface area contributed by atoms with Crippen molar-refractivity contribution in [3.05, 3.63) is 23.8 Å². The summed E-state index contributed by atoms with van der Waals surface area (Å²) in [5.74, 6) is 0.280. The molecule has 9 heteroatoms. The molecule has 1 heterocycles. The zero-order valence-corrected chi connectivity index (χ0v) is 21.2. The van der Waals surface area contributed by atoms with Crippen molar-refractivity contribution in [2.24, 2.45) is 11.8 Å². The van der Waals surface area contributed by atoms with Crippen LogP contribution in [0.2, 0.25) is 0 Å². The molecule has 0 aromatic heterocycles. The monoisotopic (exact) mass is 474 g/mol. The van der Waals surface area contributed by atoms with E-state index in [4.69, 9.17) is 9.47 Å². The van der Waals surface area contributed by atoms with Gasteiger partial charge in [-0.25, -0.2) is 0 Å². The number of methoxy groups -OCH3 is 1. The molecular formula is C25H38N4O5. The molecule has 3 rings (SSSR count). The first kappa shape index (κ1) is 26.0. The van der Waals surface area contributed by atoms with Gasteiger partial charge in [-0.3, -0.25) is 14.4 Å². The Hall–Kier alpha value is -2.65. The highest BCUT2D eigenvalue weighted by Gasteiger charge is 2.32. The summed E-state index contributed by atoms with van der Waals surface area (Å²) in [6, 6.07) is 4.89. The van der Waals surface area contributed by atoms with E-state index in [1.54, 1.807) is 37.3 Å². The summed E-state index contributed by atoms with van der Waals surface area (Å²) in [5.41, 5.74) is 1.00. The van der Waals surface area contributed by atoms with Crippen molar-refractivity contribution in [3.63, 3.8) is 0 Å². The number of fused-ring (bicyclic) bond motifs is 1. The summed E-state index contributed by atoms with van der Waals surface area (Å²) in [6.45, 7) is 5.35. The molecule has 1 aromatic carbocycles. The number of benzene rings is 1. The average Bonchev–Trinajstić information content (AvgIpc) is 3.63. The molecule has 34 heavy (non-hydrogen) atoms. The van der Waals surface area contributed by atoms with Crippen LogP contribution in [0.5, 0.6) is 5.75 Å². The molecule has 1 saturated carbocycles. The van der Waals surface area contributed by atoms with Crippen molar-refractivity contribution >= 4 is 23.4 Å². The van der Waals surface area contributed by atoms with Gasteiger partial charge in [0.1, 0.15) is 12.4 Å². The molecule has 9 nitrogen and oxygen atoms in total. The van der Waals surface area contributed by atoms with E-state index < -0.39 is 0 Å². The van der Waals surface area contributed by atoms with Gasteiger partial charge in [0.2, 0.25) is 11.8 Å². The number of ether oxygens (including phenoxy) is 2. The van der Waals surface area contributed by atoms with Crippen LogP contribution >= 0.6 is 0 Å². The average molecular weight is 475 g/mol. The zero-order valence-electron chi connectivity index (χ0n) is 21.2. The molecule has 1 aromatic rings. The van der Waals surface area contributed by atoms with Crippen molar-refractivity contribution in [2.75, 3.05) is 59.8 Å². The highest BCUT2D eigenvalue weighted by Crippen LogP contribution is 2.32. The number of nitrogens with zero attached hydrogens (tertiary/aromatic N) is 3. The number of anilines is 1. The highest BCUT2D eigenvalue weighted by atomic mass is 16.5. The first-order chi connectivity index (χ1) is 16.1. The van der Waals surface area contributed by atoms with E-state index in [9.17, 15) is 14.4 Å². The molecule has 188 valence electrons. The lowest BCUT2D eigenvalue weighted by atomic mass is 10.0. The van der Waals surface area contributed by atoms with Crippen LogP contribution in [0.15, 0.2) is 18.2 Å². The second-order valence-corrected chi connectivity index (χ2v) is 9.86. The summed E-state index contributed by atoms with van der Waals surface area (Å²) < 4.78 is 11.9. The minimum absolute atomic E-state index is 0.00715. The summed E-state index contributed by atoms with van der Waals surface area (Å²) in [4.78, 5) is 43.9. The van der Waals surface area contributed by atoms with Crippen LogP contribution in [0.1, 0.15) is 37.0 Å². The zero-order chi connectivity index (χ0) is 25.0. The van der Waals surface area contributed by atoms with Gasteiger partial charge in [-0.1, -0.05) is 6.92 Å². The minimum atomic E-state index is -0.239. The molecule has 1 fully saturated rings. The Morgan fingerprint density at radius 1 is 1.21 bits per heavy atom. The number of nitrogens with one attached hydrogen (secondary N) is 1. The summed E-state index contributed by atoms with van der Waals surface area (Å²) in [7, 11) is 7.10. The summed E-state index contributed by atoms with van der Waals surface area (Å²) in [6.07, 6.45) is 1.57. The van der Waals surface area contributed by atoms with E-state index >= 15 is 0 Å². The van der Waals surface area contributed by atoms with Crippen LogP contribution in [0.25, 0.3) is 0 Å². The number of hydrogen-bond acceptors (Lipinski definition) is 6. The molecule has 0 spiro atoms. The smallest absolute Gasteiger partial charge is 0.257 e. The third-order valence-corrected chi connectivity index (χ3v) is 6.43. The third kappa shape index (κ3) is 6.48. The maximum absolute atomic E-state index is 13.3. The quantitative estimate of drug-likeness (QED) is 0.701. The number of carbonyl (C=O) groups is 3. The van der Waals surface area contributed by atoms with Gasteiger partial charge in [0, 0.05) is 50.8 Å². The Kier molecular flexibility index (Phi) is 8.54. The lowest BCUT2D eigenvalue weighted by molar-refractivity contribution is -0.136. The van der Waals surface area contributed by atoms with Gasteiger partial charge in [-0.05, 0) is 46.0 Å². The van der Waals surface area contributed by atoms with Crippen molar-refractivity contribution in [3.8, 4) is 5.75 Å². The molecule has 3 atom stereocenters. The third-order valence-electron chi connectivity index (χ3n) is 6.43. The topological polar surface area (TPSA) is 91.4 Å². The number of likely N-dealkylation sites (N-methyl/N-ethyl adjacent to an activating group) is 2. The Labute approximate surface area is 202 Å². The van der Waals surface area contributed by atoms with E-state index in [0.29, 0.717) is 36.6 Å². The molecule has 1 N–H and O–H groups in total. The van der Waals surface area contributed by atoms with Crippen LogP contribution in [-0.4, -0.2) is 99.1 Å². The Morgan fingerprint density at radius 3 is 2.53 bits per heavy atom. The van der Waals surface area contributed by atoms with E-state index in [0.717, 1.165) is 12.8 Å². The Bertz CT molecular complexity index is 901. The number of carbonyl (C=O) groups excluding carboxylic acids is 3. The van der Waals surface area contributed by atoms with Crippen LogP contribution < -0.4 is 10.1 Å². The molecule has 0 unspecified atom stereocenters. The van der Waals surface area contributed by atoms with Gasteiger partial charge in [-0.15, -0.1) is 0 Å². The standard InChI is InChI=1S/C25H38N4O5/c1-16-12-29(23(30)14-27(3)4)17(2)15-34-21-11-19(26-24(31)18-7-8-18)9-10-20(21)25(32)28(5)13-22(16)33-6/h9-11,16-18,22H,7-8,12-15H2,1-6H3,(H,26,31)/t16-,17-,22-/m1/s1. The van der Waals surface area contributed by atoms with E-state index in [1.807, 2.05) is 37.7 Å². The lowest BCUT2D eigenvalue weighted by Gasteiger charge is -2.36. The fraction of sp³-hybridized carbons (Fsp3) is 0.640. The maximum Gasteiger partial charge on any atom is 0.257 e. The van der Waals surface area contributed by atoms with Crippen molar-refractivity contribution in [2.45, 2.75) is 38.8 Å². The Morgan fingerprint density at radius 2 is 1.91 bits per heavy atom.